The number of methoxy groups -OCH3 is 1. The molecule has 15 nitrogen and oxygen atoms in total. The van der Waals surface area contributed by atoms with Gasteiger partial charge in [0.15, 0.2) is 0 Å². The van der Waals surface area contributed by atoms with Crippen molar-refractivity contribution in [2.45, 2.75) is 135 Å². The largest absolute Gasteiger partial charge is 0.480 e. The zero-order chi connectivity index (χ0) is 35.9. The molecule has 0 spiro atoms. The summed E-state index contributed by atoms with van der Waals surface area (Å²) in [5.74, 6) is -2.78. The van der Waals surface area contributed by atoms with Gasteiger partial charge in [-0.3, -0.25) is 14.5 Å². The molecule has 0 bridgehead atoms. The zero-order valence-electron chi connectivity index (χ0n) is 29.6. The topological polar surface area (TPSA) is 211 Å². The first kappa shape index (κ1) is 43.9. The Morgan fingerprint density at radius 3 is 2.06 bits per heavy atom. The van der Waals surface area contributed by atoms with Gasteiger partial charge in [-0.05, 0) is 73.9 Å². The van der Waals surface area contributed by atoms with Crippen molar-refractivity contribution in [3.8, 4) is 0 Å². The van der Waals surface area contributed by atoms with E-state index < -0.39 is 78.1 Å². The molecule has 18 heteroatoms. The van der Waals surface area contributed by atoms with Crippen molar-refractivity contribution in [3.05, 3.63) is 0 Å². The van der Waals surface area contributed by atoms with Crippen LogP contribution in [-0.2, 0) is 37.9 Å². The lowest BCUT2D eigenvalue weighted by Crippen LogP contribution is -2.46. The number of esters is 2. The number of aliphatic hydroxyl groups is 1. The van der Waals surface area contributed by atoms with Crippen LogP contribution < -0.4 is 5.32 Å². The number of carboxylic acid groups (broad SMARTS) is 1. The van der Waals surface area contributed by atoms with Crippen molar-refractivity contribution in [3.63, 3.8) is 0 Å². The maximum Gasteiger partial charge on any atom is 0.457 e. The fourth-order valence-corrected chi connectivity index (χ4v) is 6.03. The number of hydrogen-bond acceptors (Lipinski definition) is 13. The molecular formula is C30H55B2ClN2O13. The second-order valence-corrected chi connectivity index (χ2v) is 14.4. The third-order valence-electron chi connectivity index (χ3n) is 9.00. The molecule has 1 amide bonds. The molecule has 0 radical (unpaired) electrons. The molecule has 48 heavy (non-hydrogen) atoms. The number of nitrogens with zero attached hydrogens (tertiary/aromatic N) is 1. The number of carbonyl (C=O) groups excluding carboxylic acids is 3. The van der Waals surface area contributed by atoms with Crippen LogP contribution in [0.5, 0.6) is 0 Å². The Bertz CT molecular complexity index is 1080. The maximum atomic E-state index is 12.8. The standard InChI is InChI=1S/C22H38BNO8.C8H16BNO5.ClH/c1-14(25)29-16-13-24(19(27)30-20(2,3)4)17(18(26)28-9)15(16)11-10-12-23-31-21(5,6)22(7,8)32-23;11-6-4-10-7(8(12)13)5(6)2-1-3-9(14)15;/h15-17H,10-13H2,1-9H3;5-7,10-11,14-15H,1-4H2,(H,12,13);1H/t15-,16+,17+;5-,6+,7+;/m11./s1. The van der Waals surface area contributed by atoms with Crippen LogP contribution in [-0.4, -0.2) is 125 Å². The van der Waals surface area contributed by atoms with Crippen LogP contribution in [0.1, 0.15) is 81.1 Å². The van der Waals surface area contributed by atoms with E-state index in [0.29, 0.717) is 32.0 Å². The SMILES string of the molecule is COC(=O)[C@@H]1[C@H](CCCB2OC(C)(C)C(C)(C)O2)[C@@H](OC(C)=O)CN1C(=O)OC(C)(C)C.Cl.O=C(O)[C@H]1NC[C@H](O)[C@H]1CCCB(O)O. The van der Waals surface area contributed by atoms with E-state index in [9.17, 15) is 24.3 Å². The molecule has 3 fully saturated rings. The summed E-state index contributed by atoms with van der Waals surface area (Å²) in [6.45, 7) is 14.9. The minimum atomic E-state index is -1.36. The Kier molecular flexibility index (Phi) is 16.6. The van der Waals surface area contributed by atoms with Crippen LogP contribution in [0.3, 0.4) is 0 Å². The summed E-state index contributed by atoms with van der Waals surface area (Å²) in [4.78, 5) is 49.3. The predicted octanol–water partition coefficient (Wildman–Crippen LogP) is 1.89. The first-order valence-corrected chi connectivity index (χ1v) is 16.2. The first-order valence-electron chi connectivity index (χ1n) is 16.2. The van der Waals surface area contributed by atoms with Crippen LogP contribution in [0.4, 0.5) is 4.79 Å². The minimum Gasteiger partial charge on any atom is -0.480 e. The highest BCUT2D eigenvalue weighted by atomic mass is 35.5. The first-order chi connectivity index (χ1) is 21.6. The summed E-state index contributed by atoms with van der Waals surface area (Å²) in [5, 5.41) is 38.3. The van der Waals surface area contributed by atoms with Gasteiger partial charge in [-0.1, -0.05) is 12.8 Å². The van der Waals surface area contributed by atoms with E-state index in [1.807, 2.05) is 27.7 Å². The number of hydrogen-bond donors (Lipinski definition) is 5. The average Bonchev–Trinajstić information content (AvgIpc) is 3.53. The lowest BCUT2D eigenvalue weighted by molar-refractivity contribution is -0.151. The molecule has 276 valence electrons. The minimum absolute atomic E-state index is 0. The molecular weight excluding hydrogens is 653 g/mol. The number of carbonyl (C=O) groups is 4. The quantitative estimate of drug-likeness (QED) is 0.118. The number of nitrogens with one attached hydrogen (secondary N) is 1. The van der Waals surface area contributed by atoms with Crippen LogP contribution in [0, 0.1) is 11.8 Å². The van der Waals surface area contributed by atoms with Gasteiger partial charge in [0.2, 0.25) is 0 Å². The number of carboxylic acids is 1. The Morgan fingerprint density at radius 1 is 1.02 bits per heavy atom. The van der Waals surface area contributed by atoms with Gasteiger partial charge < -0.3 is 49.1 Å². The number of ether oxygens (including phenoxy) is 3. The predicted molar refractivity (Wildman–Crippen MR) is 178 cm³/mol. The third-order valence-corrected chi connectivity index (χ3v) is 9.00. The van der Waals surface area contributed by atoms with Crippen molar-refractivity contribution >= 4 is 50.6 Å². The van der Waals surface area contributed by atoms with E-state index >= 15 is 0 Å². The Morgan fingerprint density at radius 2 is 1.58 bits per heavy atom. The van der Waals surface area contributed by atoms with E-state index in [0.717, 1.165) is 0 Å². The third kappa shape index (κ3) is 12.3. The van der Waals surface area contributed by atoms with Crippen LogP contribution >= 0.6 is 12.4 Å². The molecule has 0 unspecified atom stereocenters. The van der Waals surface area contributed by atoms with Gasteiger partial charge >= 0.3 is 38.2 Å². The molecule has 0 aliphatic carbocycles. The van der Waals surface area contributed by atoms with Crippen LogP contribution in [0.2, 0.25) is 12.6 Å². The summed E-state index contributed by atoms with van der Waals surface area (Å²) in [6.07, 6.45) is 0.998. The van der Waals surface area contributed by atoms with Gasteiger partial charge in [-0.25, -0.2) is 9.59 Å². The van der Waals surface area contributed by atoms with Gasteiger partial charge in [-0.2, -0.15) is 0 Å². The Hall–Kier alpha value is -2.14. The highest BCUT2D eigenvalue weighted by Crippen LogP contribution is 2.39. The van der Waals surface area contributed by atoms with Gasteiger partial charge in [0.1, 0.15) is 23.8 Å². The number of amides is 1. The van der Waals surface area contributed by atoms with Gasteiger partial charge in [-0.15, -0.1) is 12.4 Å². The van der Waals surface area contributed by atoms with Crippen molar-refractivity contribution in [2.24, 2.45) is 11.8 Å². The van der Waals surface area contributed by atoms with E-state index in [4.69, 9.17) is 38.7 Å². The van der Waals surface area contributed by atoms with E-state index in [2.05, 4.69) is 5.32 Å². The highest BCUT2D eigenvalue weighted by molar-refractivity contribution is 6.45. The molecule has 0 saturated carbocycles. The van der Waals surface area contributed by atoms with Gasteiger partial charge in [0, 0.05) is 25.3 Å². The zero-order valence-corrected chi connectivity index (χ0v) is 30.4. The Labute approximate surface area is 290 Å². The number of halogens is 1. The van der Waals surface area contributed by atoms with E-state index in [-0.39, 0.29) is 44.9 Å². The normalized spacial score (nSPS) is 27.3. The molecule has 5 N–H and O–H groups in total. The van der Waals surface area contributed by atoms with Crippen LogP contribution in [0.25, 0.3) is 0 Å². The molecule has 6 atom stereocenters. The number of aliphatic carboxylic acids is 1. The van der Waals surface area contributed by atoms with Crippen molar-refractivity contribution in [1.82, 2.24) is 10.2 Å². The molecule has 3 heterocycles. The number of likely N-dealkylation sites (tertiary alicyclic amines) is 1. The van der Waals surface area contributed by atoms with Crippen molar-refractivity contribution in [2.75, 3.05) is 20.2 Å². The summed E-state index contributed by atoms with van der Waals surface area (Å²) in [7, 11) is -0.456. The highest BCUT2D eigenvalue weighted by Gasteiger charge is 2.53. The number of aliphatic hydroxyl groups excluding tert-OH is 1. The molecule has 3 rings (SSSR count). The fraction of sp³-hybridized carbons (Fsp3) is 0.867. The summed E-state index contributed by atoms with van der Waals surface area (Å²) in [5.41, 5.74) is -1.58. The lowest BCUT2D eigenvalue weighted by atomic mass is 9.79. The summed E-state index contributed by atoms with van der Waals surface area (Å²) < 4.78 is 28.0. The smallest absolute Gasteiger partial charge is 0.457 e. The number of rotatable bonds is 11. The van der Waals surface area contributed by atoms with Crippen molar-refractivity contribution in [1.29, 1.82) is 0 Å². The maximum absolute atomic E-state index is 12.8. The molecule has 0 aromatic carbocycles. The number of β-amino-alcohol motifs (C(OH)–C–C–N with tert-alkyl or cyclic N) is 1. The fourth-order valence-electron chi connectivity index (χ4n) is 6.03. The Balaban J connectivity index is 0.000000604. The molecule has 0 aromatic heterocycles. The second-order valence-electron chi connectivity index (χ2n) is 14.4. The van der Waals surface area contributed by atoms with Gasteiger partial charge in [0.05, 0.1) is 31.0 Å². The van der Waals surface area contributed by atoms with E-state index in [1.54, 1.807) is 20.8 Å². The van der Waals surface area contributed by atoms with Crippen LogP contribution in [0.15, 0.2) is 0 Å². The summed E-state index contributed by atoms with van der Waals surface area (Å²) >= 11 is 0. The molecule has 3 saturated heterocycles. The monoisotopic (exact) mass is 708 g/mol. The molecule has 0 aromatic rings. The van der Waals surface area contributed by atoms with Gasteiger partial charge in [0.25, 0.3) is 0 Å². The average molecular weight is 709 g/mol. The lowest BCUT2D eigenvalue weighted by Gasteiger charge is -2.32. The molecule has 3 aliphatic rings. The molecule has 3 aliphatic heterocycles. The second kappa shape index (κ2) is 18.2. The van der Waals surface area contributed by atoms with Crippen molar-refractivity contribution < 1.29 is 63.0 Å². The summed E-state index contributed by atoms with van der Waals surface area (Å²) in [6, 6.07) is -1.63. The van der Waals surface area contributed by atoms with E-state index in [1.165, 1.54) is 18.9 Å².